The summed E-state index contributed by atoms with van der Waals surface area (Å²) in [6.45, 7) is 1.54. The molecule has 0 radical (unpaired) electrons. The Bertz CT molecular complexity index is 1120. The molecule has 9 heteroatoms. The van der Waals surface area contributed by atoms with Gasteiger partial charge in [0.1, 0.15) is 5.82 Å². The zero-order chi connectivity index (χ0) is 18.8. The third-order valence-corrected chi connectivity index (χ3v) is 4.56. The number of fused-ring (bicyclic) bond motifs is 5. The smallest absolute Gasteiger partial charge is 0.421 e. The molecule has 5 rings (SSSR count). The maximum absolute atomic E-state index is 14.5. The molecule has 0 N–H and O–H groups in total. The van der Waals surface area contributed by atoms with Crippen molar-refractivity contribution in [2.24, 2.45) is 5.10 Å². The fourth-order valence-corrected chi connectivity index (χ4v) is 3.43. The fourth-order valence-electron chi connectivity index (χ4n) is 3.43. The summed E-state index contributed by atoms with van der Waals surface area (Å²) in [7, 11) is 0. The van der Waals surface area contributed by atoms with E-state index in [1.165, 1.54) is 12.4 Å². The van der Waals surface area contributed by atoms with Crippen molar-refractivity contribution in [1.29, 1.82) is 0 Å². The van der Waals surface area contributed by atoms with Crippen molar-refractivity contribution in [2.45, 2.75) is 18.9 Å². The van der Waals surface area contributed by atoms with Gasteiger partial charge in [0, 0.05) is 24.2 Å². The second-order valence-corrected chi connectivity index (χ2v) is 6.25. The van der Waals surface area contributed by atoms with E-state index in [1.807, 2.05) is 0 Å². The maximum atomic E-state index is 14.5. The SMILES string of the molecule is CC1=Cc2nc3ccccc3n2[C@]2(C(F)(F)F)OC(c3cccnc3)=NN12. The molecule has 3 aromatic rings. The van der Waals surface area contributed by atoms with E-state index in [2.05, 4.69) is 15.1 Å². The van der Waals surface area contributed by atoms with E-state index in [9.17, 15) is 13.2 Å². The van der Waals surface area contributed by atoms with Gasteiger partial charge in [0.05, 0.1) is 16.6 Å². The number of rotatable bonds is 1. The van der Waals surface area contributed by atoms with Gasteiger partial charge in [-0.1, -0.05) is 12.1 Å². The number of hydrogen-bond acceptors (Lipinski definition) is 5. The van der Waals surface area contributed by atoms with Crippen LogP contribution in [0, 0.1) is 0 Å². The Morgan fingerprint density at radius 2 is 1.93 bits per heavy atom. The molecule has 2 aliphatic heterocycles. The molecule has 6 nitrogen and oxygen atoms in total. The van der Waals surface area contributed by atoms with Crippen LogP contribution in [0.5, 0.6) is 0 Å². The van der Waals surface area contributed by atoms with E-state index in [1.54, 1.807) is 49.4 Å². The molecule has 0 spiro atoms. The molecular formula is C18H12F3N5O. The van der Waals surface area contributed by atoms with Gasteiger partial charge >= 0.3 is 12.0 Å². The Morgan fingerprint density at radius 1 is 1.11 bits per heavy atom. The molecule has 0 bridgehead atoms. The highest BCUT2D eigenvalue weighted by Gasteiger charge is 2.69. The number of alkyl halides is 3. The molecule has 0 fully saturated rings. The van der Waals surface area contributed by atoms with E-state index >= 15 is 0 Å². The number of aromatic nitrogens is 3. The van der Waals surface area contributed by atoms with Gasteiger partial charge in [0.25, 0.3) is 0 Å². The topological polar surface area (TPSA) is 55.5 Å². The molecule has 4 heterocycles. The first-order valence-electron chi connectivity index (χ1n) is 8.13. The summed E-state index contributed by atoms with van der Waals surface area (Å²) in [5.74, 6) is -2.84. The minimum absolute atomic E-state index is 0.154. The standard InChI is InChI=1S/C18H12F3N5O/c1-11-9-15-23-13-6-2-3-7-14(13)25(15)18(17(19,20)21)26(11)24-16(27-18)12-5-4-8-22-10-12/h2-10H,1H3/t18-/m0/s1. The molecule has 0 aliphatic carbocycles. The average molecular weight is 371 g/mol. The monoisotopic (exact) mass is 371 g/mol. The van der Waals surface area contributed by atoms with Crippen LogP contribution in [0.25, 0.3) is 17.1 Å². The minimum Gasteiger partial charge on any atom is -0.421 e. The lowest BCUT2D eigenvalue weighted by molar-refractivity contribution is -0.333. The second kappa shape index (κ2) is 5.09. The van der Waals surface area contributed by atoms with E-state index in [0.29, 0.717) is 16.6 Å². The Hall–Kier alpha value is -3.36. The molecule has 0 saturated heterocycles. The average Bonchev–Trinajstić information content (AvgIpc) is 3.21. The minimum atomic E-state index is -4.80. The number of para-hydroxylation sites is 2. The maximum Gasteiger partial charge on any atom is 0.474 e. The van der Waals surface area contributed by atoms with Crippen LogP contribution in [0.4, 0.5) is 13.2 Å². The van der Waals surface area contributed by atoms with Gasteiger partial charge in [-0.15, -0.1) is 5.10 Å². The van der Waals surface area contributed by atoms with Crippen LogP contribution in [0.2, 0.25) is 0 Å². The number of imidazole rings is 1. The number of pyridine rings is 1. The molecule has 1 aromatic carbocycles. The predicted molar refractivity (Wildman–Crippen MR) is 91.1 cm³/mol. The van der Waals surface area contributed by atoms with Crippen LogP contribution in [0.3, 0.4) is 0 Å². The lowest BCUT2D eigenvalue weighted by Crippen LogP contribution is -2.58. The van der Waals surface area contributed by atoms with Crippen molar-refractivity contribution >= 4 is 23.0 Å². The largest absolute Gasteiger partial charge is 0.474 e. The number of allylic oxidation sites excluding steroid dienone is 1. The molecular weight excluding hydrogens is 359 g/mol. The molecule has 2 aliphatic rings. The first kappa shape index (κ1) is 15.9. The van der Waals surface area contributed by atoms with Crippen molar-refractivity contribution < 1.29 is 17.9 Å². The van der Waals surface area contributed by atoms with Crippen molar-refractivity contribution in [3.63, 3.8) is 0 Å². The molecule has 27 heavy (non-hydrogen) atoms. The summed E-state index contributed by atoms with van der Waals surface area (Å²) in [5, 5.41) is 4.99. The van der Waals surface area contributed by atoms with Gasteiger partial charge in [-0.2, -0.15) is 18.2 Å². The van der Waals surface area contributed by atoms with Crippen molar-refractivity contribution in [3.05, 3.63) is 65.9 Å². The number of ether oxygens (including phenoxy) is 1. The fraction of sp³-hybridized carbons (Fsp3) is 0.167. The van der Waals surface area contributed by atoms with Gasteiger partial charge in [-0.3, -0.25) is 9.55 Å². The summed E-state index contributed by atoms with van der Waals surface area (Å²) in [4.78, 5) is 8.28. The first-order chi connectivity index (χ1) is 12.9. The third-order valence-electron chi connectivity index (χ3n) is 4.56. The Kier molecular flexibility index (Phi) is 2.99. The molecule has 0 unspecified atom stereocenters. The Labute approximate surface area is 151 Å². The van der Waals surface area contributed by atoms with Crippen molar-refractivity contribution in [3.8, 4) is 0 Å². The van der Waals surface area contributed by atoms with E-state index < -0.39 is 12.0 Å². The van der Waals surface area contributed by atoms with Crippen molar-refractivity contribution in [2.75, 3.05) is 0 Å². The third kappa shape index (κ3) is 1.99. The van der Waals surface area contributed by atoms with Gasteiger partial charge in [-0.25, -0.2) is 4.98 Å². The van der Waals surface area contributed by atoms with Crippen LogP contribution in [-0.2, 0) is 10.6 Å². The van der Waals surface area contributed by atoms with Crippen molar-refractivity contribution in [1.82, 2.24) is 19.5 Å². The number of halogens is 3. The van der Waals surface area contributed by atoms with Crippen LogP contribution in [0.15, 0.2) is 59.6 Å². The van der Waals surface area contributed by atoms with Crippen LogP contribution < -0.4 is 0 Å². The lowest BCUT2D eigenvalue weighted by atomic mass is 10.2. The van der Waals surface area contributed by atoms with E-state index in [-0.39, 0.29) is 17.4 Å². The lowest BCUT2D eigenvalue weighted by Gasteiger charge is -2.41. The van der Waals surface area contributed by atoms with Crippen LogP contribution in [0.1, 0.15) is 18.3 Å². The van der Waals surface area contributed by atoms with Gasteiger partial charge in [0.15, 0.2) is 0 Å². The quantitative estimate of drug-likeness (QED) is 0.655. The highest BCUT2D eigenvalue weighted by Crippen LogP contribution is 2.51. The zero-order valence-electron chi connectivity index (χ0n) is 14.0. The Balaban J connectivity index is 1.80. The van der Waals surface area contributed by atoms with Crippen LogP contribution in [-0.4, -0.2) is 31.6 Å². The second-order valence-electron chi connectivity index (χ2n) is 6.25. The number of hydrogen-bond donors (Lipinski definition) is 0. The molecule has 0 saturated carbocycles. The molecule has 136 valence electrons. The highest BCUT2D eigenvalue weighted by molar-refractivity contribution is 5.95. The predicted octanol–water partition coefficient (Wildman–Crippen LogP) is 3.67. The van der Waals surface area contributed by atoms with E-state index in [0.717, 1.165) is 9.58 Å². The molecule has 0 amide bonds. The summed E-state index contributed by atoms with van der Waals surface area (Å²) in [6, 6.07) is 9.84. The summed E-state index contributed by atoms with van der Waals surface area (Å²) in [5.41, 5.74) is 1.38. The van der Waals surface area contributed by atoms with Crippen LogP contribution >= 0.6 is 0 Å². The number of benzene rings is 1. The number of hydrazone groups is 1. The van der Waals surface area contributed by atoms with Gasteiger partial charge in [0.2, 0.25) is 5.90 Å². The molecule has 2 aromatic heterocycles. The Morgan fingerprint density at radius 3 is 2.67 bits per heavy atom. The van der Waals surface area contributed by atoms with Gasteiger partial charge in [-0.05, 0) is 31.2 Å². The normalized spacial score (nSPS) is 21.4. The summed E-state index contributed by atoms with van der Waals surface area (Å²) < 4.78 is 50.1. The highest BCUT2D eigenvalue weighted by atomic mass is 19.4. The summed E-state index contributed by atoms with van der Waals surface area (Å²) in [6.07, 6.45) is -0.303. The van der Waals surface area contributed by atoms with Gasteiger partial charge < -0.3 is 4.74 Å². The zero-order valence-corrected chi connectivity index (χ0v) is 14.0. The summed E-state index contributed by atoms with van der Waals surface area (Å²) >= 11 is 0. The molecule has 1 atom stereocenters. The first-order valence-corrected chi connectivity index (χ1v) is 8.13. The van der Waals surface area contributed by atoms with E-state index in [4.69, 9.17) is 4.74 Å². The number of nitrogens with zero attached hydrogens (tertiary/aromatic N) is 5.